The molecule has 2 rings (SSSR count). The van der Waals surface area contributed by atoms with E-state index in [-0.39, 0.29) is 0 Å². The van der Waals surface area contributed by atoms with Gasteiger partial charge in [0.2, 0.25) is 5.95 Å². The topological polar surface area (TPSA) is 39.1 Å². The van der Waals surface area contributed by atoms with Gasteiger partial charge in [-0.2, -0.15) is 0 Å². The van der Waals surface area contributed by atoms with Crippen LogP contribution in [0.2, 0.25) is 0 Å². The Balaban J connectivity index is 2.10. The van der Waals surface area contributed by atoms with Gasteiger partial charge in [-0.15, -0.1) is 0 Å². The third-order valence-corrected chi connectivity index (χ3v) is 2.84. The number of nitrogens with zero attached hydrogens (tertiary/aromatic N) is 2. The molecule has 0 unspecified atom stereocenters. The van der Waals surface area contributed by atoms with Crippen molar-refractivity contribution in [3.63, 3.8) is 0 Å². The molecule has 96 valence electrons. The van der Waals surface area contributed by atoms with Crippen LogP contribution >= 0.6 is 0 Å². The number of hydrogen-bond donors (Lipinski definition) is 1. The van der Waals surface area contributed by atoms with E-state index in [1.165, 1.54) is 5.56 Å². The molecule has 1 N–H and O–H groups in total. The predicted octanol–water partition coefficient (Wildman–Crippen LogP) is 2.84. The minimum atomic E-state index is 0.681. The predicted molar refractivity (Wildman–Crippen MR) is 73.2 cm³/mol. The quantitative estimate of drug-likeness (QED) is 0.850. The van der Waals surface area contributed by atoms with E-state index < -0.39 is 0 Å². The van der Waals surface area contributed by atoms with Gasteiger partial charge in [0.15, 0.2) is 0 Å². The van der Waals surface area contributed by atoms with Crippen LogP contribution < -0.4 is 5.32 Å². The molecule has 0 saturated carbocycles. The molecule has 0 atom stereocenters. The van der Waals surface area contributed by atoms with Crippen molar-refractivity contribution in [2.75, 3.05) is 19.0 Å². The average molecular weight is 245 g/mol. The first-order valence-corrected chi connectivity index (χ1v) is 6.19. The van der Waals surface area contributed by atoms with Crippen molar-refractivity contribution in [1.29, 1.82) is 0 Å². The molecule has 2 aromatic rings. The minimum absolute atomic E-state index is 0.681. The summed E-state index contributed by atoms with van der Waals surface area (Å²) in [6.07, 6.45) is 4.78. The molecule has 4 heteroatoms. The van der Waals surface area contributed by atoms with Crippen LogP contribution in [0.4, 0.5) is 11.6 Å². The fourth-order valence-electron chi connectivity index (χ4n) is 1.80. The van der Waals surface area contributed by atoms with Gasteiger partial charge in [-0.05, 0) is 24.1 Å². The van der Waals surface area contributed by atoms with Gasteiger partial charge in [0.25, 0.3) is 0 Å². The van der Waals surface area contributed by atoms with Gasteiger partial charge in [-0.3, -0.25) is 0 Å². The van der Waals surface area contributed by atoms with Crippen molar-refractivity contribution in [2.24, 2.45) is 0 Å². The van der Waals surface area contributed by atoms with Crippen LogP contribution in [0.3, 0.4) is 0 Å². The molecule has 4 nitrogen and oxygen atoms in total. The lowest BCUT2D eigenvalue weighted by atomic mass is 10.1. The first-order chi connectivity index (χ1) is 8.83. The van der Waals surface area contributed by atoms with Gasteiger partial charge in [-0.1, -0.05) is 19.1 Å². The van der Waals surface area contributed by atoms with Crippen molar-refractivity contribution < 1.29 is 4.74 Å². The van der Waals surface area contributed by atoms with Gasteiger partial charge in [0.05, 0.1) is 6.61 Å². The largest absolute Gasteiger partial charge is 0.383 e. The van der Waals surface area contributed by atoms with E-state index >= 15 is 0 Å². The van der Waals surface area contributed by atoms with Gasteiger partial charge >= 0.3 is 0 Å². The van der Waals surface area contributed by atoms with E-state index in [9.17, 15) is 0 Å². The highest BCUT2D eigenvalue weighted by Crippen LogP contribution is 2.16. The Labute approximate surface area is 108 Å². The van der Waals surface area contributed by atoms with E-state index in [4.69, 9.17) is 4.74 Å². The molecule has 0 aliphatic rings. The zero-order valence-corrected chi connectivity index (χ0v) is 10.9. The number of ether oxygens (including phenoxy) is 1. The Morgan fingerprint density at radius 1 is 1.39 bits per heavy atom. The van der Waals surface area contributed by atoms with Gasteiger partial charge in [0.1, 0.15) is 0 Å². The lowest BCUT2D eigenvalue weighted by Crippen LogP contribution is -2.07. The van der Waals surface area contributed by atoms with E-state index in [1.54, 1.807) is 13.3 Å². The van der Waals surface area contributed by atoms with E-state index in [1.807, 2.05) is 10.8 Å². The summed E-state index contributed by atoms with van der Waals surface area (Å²) in [6, 6.07) is 8.38. The van der Waals surface area contributed by atoms with Crippen LogP contribution in [0.1, 0.15) is 12.5 Å². The molecule has 0 spiro atoms. The third-order valence-electron chi connectivity index (χ3n) is 2.84. The van der Waals surface area contributed by atoms with Crippen LogP contribution in [0.5, 0.6) is 0 Å². The van der Waals surface area contributed by atoms with Crippen LogP contribution in [-0.2, 0) is 17.7 Å². The first kappa shape index (κ1) is 12.6. The number of nitrogens with one attached hydrogen (secondary N) is 1. The summed E-state index contributed by atoms with van der Waals surface area (Å²) in [4.78, 5) is 4.32. The molecule has 1 heterocycles. The highest BCUT2D eigenvalue weighted by atomic mass is 16.5. The average Bonchev–Trinajstić information content (AvgIpc) is 2.84. The number of benzene rings is 1. The number of imidazole rings is 1. The van der Waals surface area contributed by atoms with Gasteiger partial charge in [-0.25, -0.2) is 4.98 Å². The Morgan fingerprint density at radius 3 is 3.06 bits per heavy atom. The Morgan fingerprint density at radius 2 is 2.28 bits per heavy atom. The Bertz CT molecular complexity index is 493. The first-order valence-electron chi connectivity index (χ1n) is 6.19. The molecule has 1 aromatic carbocycles. The second-order valence-electron chi connectivity index (χ2n) is 4.12. The molecule has 0 aliphatic carbocycles. The number of anilines is 2. The maximum atomic E-state index is 5.08. The number of aromatic nitrogens is 2. The number of rotatable bonds is 6. The Hall–Kier alpha value is -1.81. The molecule has 0 saturated heterocycles. The van der Waals surface area contributed by atoms with E-state index in [0.29, 0.717) is 6.61 Å². The fourth-order valence-corrected chi connectivity index (χ4v) is 1.80. The molecule has 0 bridgehead atoms. The lowest BCUT2D eigenvalue weighted by Gasteiger charge is -2.10. The van der Waals surface area contributed by atoms with Crippen molar-refractivity contribution in [2.45, 2.75) is 19.9 Å². The summed E-state index contributed by atoms with van der Waals surface area (Å²) in [7, 11) is 1.70. The molecule has 18 heavy (non-hydrogen) atoms. The van der Waals surface area contributed by atoms with Gasteiger partial charge < -0.3 is 14.6 Å². The van der Waals surface area contributed by atoms with Crippen molar-refractivity contribution in [3.8, 4) is 0 Å². The maximum absolute atomic E-state index is 5.08. The summed E-state index contributed by atoms with van der Waals surface area (Å²) < 4.78 is 7.12. The van der Waals surface area contributed by atoms with Crippen molar-refractivity contribution in [3.05, 3.63) is 42.2 Å². The SMILES string of the molecule is CCc1cccc(Nc2nccn2CCOC)c1. The number of methoxy groups -OCH3 is 1. The standard InChI is InChI=1S/C14H19N3O/c1-3-12-5-4-6-13(11-12)16-14-15-7-8-17(14)9-10-18-2/h4-8,11H,3,9-10H2,1-2H3,(H,15,16). The molecule has 0 amide bonds. The highest BCUT2D eigenvalue weighted by molar-refractivity contribution is 5.54. The van der Waals surface area contributed by atoms with Crippen molar-refractivity contribution >= 4 is 11.6 Å². The normalized spacial score (nSPS) is 10.6. The summed E-state index contributed by atoms with van der Waals surface area (Å²) in [5, 5.41) is 3.33. The van der Waals surface area contributed by atoms with Crippen LogP contribution in [-0.4, -0.2) is 23.3 Å². The second-order valence-corrected chi connectivity index (χ2v) is 4.12. The highest BCUT2D eigenvalue weighted by Gasteiger charge is 2.03. The van der Waals surface area contributed by atoms with Crippen LogP contribution in [0, 0.1) is 0 Å². The van der Waals surface area contributed by atoms with E-state index in [2.05, 4.69) is 41.5 Å². The molecule has 0 fully saturated rings. The fraction of sp³-hybridized carbons (Fsp3) is 0.357. The minimum Gasteiger partial charge on any atom is -0.383 e. The summed E-state index contributed by atoms with van der Waals surface area (Å²) in [6.45, 7) is 3.63. The molecule has 1 aromatic heterocycles. The second kappa shape index (κ2) is 6.21. The van der Waals surface area contributed by atoms with Crippen LogP contribution in [0.25, 0.3) is 0 Å². The van der Waals surface area contributed by atoms with E-state index in [0.717, 1.165) is 24.6 Å². The molecule has 0 radical (unpaired) electrons. The molecule has 0 aliphatic heterocycles. The van der Waals surface area contributed by atoms with Crippen LogP contribution in [0.15, 0.2) is 36.7 Å². The smallest absolute Gasteiger partial charge is 0.207 e. The zero-order chi connectivity index (χ0) is 12.8. The molecular formula is C14H19N3O. The number of hydrogen-bond acceptors (Lipinski definition) is 3. The van der Waals surface area contributed by atoms with Crippen molar-refractivity contribution in [1.82, 2.24) is 9.55 Å². The van der Waals surface area contributed by atoms with Gasteiger partial charge in [0, 0.05) is 31.7 Å². The summed E-state index contributed by atoms with van der Waals surface area (Å²) in [5.41, 5.74) is 2.38. The molecular weight excluding hydrogens is 226 g/mol. The monoisotopic (exact) mass is 245 g/mol. The Kier molecular flexibility index (Phi) is 4.36. The maximum Gasteiger partial charge on any atom is 0.207 e. The number of aryl methyl sites for hydroxylation is 1. The third kappa shape index (κ3) is 3.11. The zero-order valence-electron chi connectivity index (χ0n) is 10.9. The lowest BCUT2D eigenvalue weighted by molar-refractivity contribution is 0.188. The summed E-state index contributed by atoms with van der Waals surface area (Å²) >= 11 is 0. The summed E-state index contributed by atoms with van der Waals surface area (Å²) in [5.74, 6) is 0.848.